The van der Waals surface area contributed by atoms with Crippen molar-refractivity contribution in [1.29, 1.82) is 0 Å². The van der Waals surface area contributed by atoms with Gasteiger partial charge in [-0.05, 0) is 45.6 Å². The van der Waals surface area contributed by atoms with Gasteiger partial charge in [0.1, 0.15) is 0 Å². The number of hydrogen-bond acceptors (Lipinski definition) is 4. The van der Waals surface area contributed by atoms with Crippen molar-refractivity contribution in [3.05, 3.63) is 46.8 Å². The molecule has 1 heterocycles. The van der Waals surface area contributed by atoms with Crippen molar-refractivity contribution in [2.45, 2.75) is 33.5 Å². The molecule has 0 unspecified atom stereocenters. The minimum atomic E-state index is 0.113. The SMILES string of the molecule is Cc1nn(CCO)c(C)c1CNc1cccc(CN(C)C)c1. The molecule has 0 atom stereocenters. The van der Waals surface area contributed by atoms with Crippen LogP contribution in [-0.2, 0) is 19.6 Å². The summed E-state index contributed by atoms with van der Waals surface area (Å²) in [6.07, 6.45) is 0. The number of benzene rings is 1. The van der Waals surface area contributed by atoms with Gasteiger partial charge in [-0.25, -0.2) is 0 Å². The van der Waals surface area contributed by atoms with E-state index in [1.807, 2.05) is 11.6 Å². The molecule has 0 aliphatic heterocycles. The van der Waals surface area contributed by atoms with Gasteiger partial charge in [0.2, 0.25) is 0 Å². The summed E-state index contributed by atoms with van der Waals surface area (Å²) in [5, 5.41) is 17.0. The Morgan fingerprint density at radius 3 is 2.73 bits per heavy atom. The Kier molecular flexibility index (Phi) is 5.57. The van der Waals surface area contributed by atoms with E-state index >= 15 is 0 Å². The van der Waals surface area contributed by atoms with Gasteiger partial charge in [-0.15, -0.1) is 0 Å². The molecule has 5 nitrogen and oxygen atoms in total. The zero-order chi connectivity index (χ0) is 16.1. The molecule has 0 saturated carbocycles. The van der Waals surface area contributed by atoms with E-state index in [9.17, 15) is 0 Å². The first-order chi connectivity index (χ1) is 10.5. The van der Waals surface area contributed by atoms with Gasteiger partial charge in [-0.1, -0.05) is 12.1 Å². The van der Waals surface area contributed by atoms with Crippen molar-refractivity contribution >= 4 is 5.69 Å². The van der Waals surface area contributed by atoms with Gasteiger partial charge in [0, 0.05) is 30.0 Å². The first kappa shape index (κ1) is 16.5. The van der Waals surface area contributed by atoms with E-state index < -0.39 is 0 Å². The molecule has 0 aliphatic carbocycles. The first-order valence-electron chi connectivity index (χ1n) is 7.62. The maximum Gasteiger partial charge on any atom is 0.0646 e. The van der Waals surface area contributed by atoms with Crippen LogP contribution in [0.15, 0.2) is 24.3 Å². The third kappa shape index (κ3) is 4.08. The fourth-order valence-corrected chi connectivity index (χ4v) is 2.64. The number of rotatable bonds is 7. The zero-order valence-electron chi connectivity index (χ0n) is 13.9. The molecule has 1 aromatic carbocycles. The van der Waals surface area contributed by atoms with Crippen molar-refractivity contribution in [3.63, 3.8) is 0 Å². The summed E-state index contributed by atoms with van der Waals surface area (Å²) in [7, 11) is 4.14. The average molecular weight is 302 g/mol. The van der Waals surface area contributed by atoms with E-state index in [2.05, 4.69) is 60.6 Å². The van der Waals surface area contributed by atoms with Gasteiger partial charge in [0.25, 0.3) is 0 Å². The van der Waals surface area contributed by atoms with Crippen LogP contribution in [0.4, 0.5) is 5.69 Å². The first-order valence-corrected chi connectivity index (χ1v) is 7.62. The molecule has 0 saturated heterocycles. The van der Waals surface area contributed by atoms with E-state index in [-0.39, 0.29) is 6.61 Å². The molecule has 0 bridgehead atoms. The molecule has 0 amide bonds. The number of anilines is 1. The summed E-state index contributed by atoms with van der Waals surface area (Å²) in [4.78, 5) is 2.16. The highest BCUT2D eigenvalue weighted by Crippen LogP contribution is 2.17. The quantitative estimate of drug-likeness (QED) is 0.823. The monoisotopic (exact) mass is 302 g/mol. The van der Waals surface area contributed by atoms with Crippen LogP contribution in [0.3, 0.4) is 0 Å². The van der Waals surface area contributed by atoms with Crippen molar-refractivity contribution in [3.8, 4) is 0 Å². The molecule has 0 aliphatic rings. The Morgan fingerprint density at radius 2 is 2.05 bits per heavy atom. The predicted molar refractivity (Wildman–Crippen MR) is 89.9 cm³/mol. The van der Waals surface area contributed by atoms with Gasteiger partial charge in [0.05, 0.1) is 18.8 Å². The van der Waals surface area contributed by atoms with Crippen LogP contribution in [-0.4, -0.2) is 40.5 Å². The summed E-state index contributed by atoms with van der Waals surface area (Å²) in [6, 6.07) is 8.49. The molecule has 2 rings (SSSR count). The molecular weight excluding hydrogens is 276 g/mol. The largest absolute Gasteiger partial charge is 0.394 e. The standard InChI is InChI=1S/C17H26N4O/c1-13-17(14(2)21(19-13)8-9-22)11-18-16-7-5-6-15(10-16)12-20(3)4/h5-7,10,18,22H,8-9,11-12H2,1-4H3. The Bertz CT molecular complexity index is 619. The third-order valence-corrected chi connectivity index (χ3v) is 3.74. The van der Waals surface area contributed by atoms with E-state index in [1.54, 1.807) is 0 Å². The van der Waals surface area contributed by atoms with Crippen LogP contribution in [0.1, 0.15) is 22.5 Å². The number of aliphatic hydroxyl groups excluding tert-OH is 1. The lowest BCUT2D eigenvalue weighted by Crippen LogP contribution is -2.11. The molecule has 0 fully saturated rings. The third-order valence-electron chi connectivity index (χ3n) is 3.74. The van der Waals surface area contributed by atoms with E-state index in [0.717, 1.165) is 30.2 Å². The fraction of sp³-hybridized carbons (Fsp3) is 0.471. The van der Waals surface area contributed by atoms with E-state index in [4.69, 9.17) is 5.11 Å². The van der Waals surface area contributed by atoms with E-state index in [0.29, 0.717) is 6.54 Å². The minimum absolute atomic E-state index is 0.113. The molecule has 1 aromatic heterocycles. The maximum atomic E-state index is 9.07. The molecule has 0 spiro atoms. The van der Waals surface area contributed by atoms with Crippen LogP contribution in [0.25, 0.3) is 0 Å². The van der Waals surface area contributed by atoms with Crippen molar-refractivity contribution in [2.24, 2.45) is 0 Å². The number of aliphatic hydroxyl groups is 1. The van der Waals surface area contributed by atoms with Gasteiger partial charge in [-0.2, -0.15) is 5.10 Å². The topological polar surface area (TPSA) is 53.3 Å². The second-order valence-electron chi connectivity index (χ2n) is 5.89. The Balaban J connectivity index is 2.07. The molecule has 22 heavy (non-hydrogen) atoms. The second-order valence-corrected chi connectivity index (χ2v) is 5.89. The van der Waals surface area contributed by atoms with E-state index in [1.165, 1.54) is 11.1 Å². The lowest BCUT2D eigenvalue weighted by molar-refractivity contribution is 0.268. The van der Waals surface area contributed by atoms with Crippen LogP contribution in [0, 0.1) is 13.8 Å². The Hall–Kier alpha value is -1.85. The van der Waals surface area contributed by atoms with Crippen LogP contribution in [0.2, 0.25) is 0 Å². The lowest BCUT2D eigenvalue weighted by Gasteiger charge is -2.12. The molecule has 2 aromatic rings. The summed E-state index contributed by atoms with van der Waals surface area (Å²) < 4.78 is 1.87. The van der Waals surface area contributed by atoms with Crippen LogP contribution < -0.4 is 5.32 Å². The fourth-order valence-electron chi connectivity index (χ4n) is 2.64. The zero-order valence-corrected chi connectivity index (χ0v) is 13.9. The Morgan fingerprint density at radius 1 is 1.27 bits per heavy atom. The number of nitrogens with one attached hydrogen (secondary N) is 1. The van der Waals surface area contributed by atoms with Gasteiger partial charge < -0.3 is 15.3 Å². The number of hydrogen-bond donors (Lipinski definition) is 2. The number of nitrogens with zero attached hydrogens (tertiary/aromatic N) is 3. The number of aromatic nitrogens is 2. The summed E-state index contributed by atoms with van der Waals surface area (Å²) in [5.74, 6) is 0. The van der Waals surface area contributed by atoms with Gasteiger partial charge in [-0.3, -0.25) is 4.68 Å². The lowest BCUT2D eigenvalue weighted by atomic mass is 10.1. The van der Waals surface area contributed by atoms with Crippen molar-refractivity contribution < 1.29 is 5.11 Å². The second kappa shape index (κ2) is 7.42. The molecule has 120 valence electrons. The maximum absolute atomic E-state index is 9.07. The van der Waals surface area contributed by atoms with Gasteiger partial charge >= 0.3 is 0 Å². The summed E-state index contributed by atoms with van der Waals surface area (Å²) >= 11 is 0. The molecular formula is C17H26N4O. The molecule has 0 radical (unpaired) electrons. The average Bonchev–Trinajstić information content (AvgIpc) is 2.72. The number of aryl methyl sites for hydroxylation is 1. The minimum Gasteiger partial charge on any atom is -0.394 e. The Labute approximate surface area is 132 Å². The molecule has 2 N–H and O–H groups in total. The van der Waals surface area contributed by atoms with Gasteiger partial charge in [0.15, 0.2) is 0 Å². The van der Waals surface area contributed by atoms with Crippen molar-refractivity contribution in [2.75, 3.05) is 26.0 Å². The predicted octanol–water partition coefficient (Wildman–Crippen LogP) is 2.17. The highest BCUT2D eigenvalue weighted by atomic mass is 16.3. The van der Waals surface area contributed by atoms with Crippen molar-refractivity contribution in [1.82, 2.24) is 14.7 Å². The normalized spacial score (nSPS) is 11.2. The smallest absolute Gasteiger partial charge is 0.0646 e. The summed E-state index contributed by atoms with van der Waals surface area (Å²) in [5.41, 5.74) is 5.74. The highest BCUT2D eigenvalue weighted by Gasteiger charge is 2.10. The highest BCUT2D eigenvalue weighted by molar-refractivity contribution is 5.46. The van der Waals surface area contributed by atoms with Crippen LogP contribution in [0.5, 0.6) is 0 Å². The van der Waals surface area contributed by atoms with Crippen LogP contribution >= 0.6 is 0 Å². The molecule has 5 heteroatoms. The summed E-state index contributed by atoms with van der Waals surface area (Å²) in [6.45, 7) is 6.40.